The highest BCUT2D eigenvalue weighted by atomic mass is 16.7. The topological polar surface area (TPSA) is 50.8 Å². The van der Waals surface area contributed by atoms with Gasteiger partial charge in [-0.3, -0.25) is 0 Å². The van der Waals surface area contributed by atoms with Crippen molar-refractivity contribution in [1.29, 1.82) is 0 Å². The van der Waals surface area contributed by atoms with Gasteiger partial charge in [0.25, 0.3) is 0 Å². The third-order valence-corrected chi connectivity index (χ3v) is 4.93. The summed E-state index contributed by atoms with van der Waals surface area (Å²) in [6.45, 7) is 7.61. The zero-order valence-electron chi connectivity index (χ0n) is 14.7. The van der Waals surface area contributed by atoms with E-state index in [9.17, 15) is 4.79 Å². The molecule has 2 heterocycles. The van der Waals surface area contributed by atoms with E-state index in [2.05, 4.69) is 36.5 Å². The van der Waals surface area contributed by atoms with Crippen LogP contribution < -0.4 is 5.32 Å². The molecule has 2 amide bonds. The predicted molar refractivity (Wildman–Crippen MR) is 92.9 cm³/mol. The first kappa shape index (κ1) is 17.2. The second-order valence-corrected chi connectivity index (χ2v) is 7.08. The van der Waals surface area contributed by atoms with Crippen LogP contribution in [-0.2, 0) is 22.3 Å². The van der Waals surface area contributed by atoms with E-state index >= 15 is 0 Å². The van der Waals surface area contributed by atoms with Gasteiger partial charge in [-0.25, -0.2) is 4.79 Å². The van der Waals surface area contributed by atoms with Crippen LogP contribution in [0.4, 0.5) is 4.79 Å². The van der Waals surface area contributed by atoms with Gasteiger partial charge < -0.3 is 19.7 Å². The van der Waals surface area contributed by atoms with E-state index in [0.29, 0.717) is 25.7 Å². The van der Waals surface area contributed by atoms with Gasteiger partial charge in [0, 0.05) is 26.1 Å². The summed E-state index contributed by atoms with van der Waals surface area (Å²) in [4.78, 5) is 14.4. The SMILES string of the molecule is C[C@@H](CNC(=O)N1CCc2ccccc2CC1)CC1(C)OCCO1. The number of nitrogens with zero attached hydrogens (tertiary/aromatic N) is 1. The molecule has 5 nitrogen and oxygen atoms in total. The number of carbonyl (C=O) groups excluding carboxylic acids is 1. The first-order valence-electron chi connectivity index (χ1n) is 8.93. The van der Waals surface area contributed by atoms with Gasteiger partial charge in [-0.2, -0.15) is 0 Å². The van der Waals surface area contributed by atoms with Gasteiger partial charge in [0.1, 0.15) is 0 Å². The highest BCUT2D eigenvalue weighted by molar-refractivity contribution is 5.74. The van der Waals surface area contributed by atoms with Gasteiger partial charge in [0.15, 0.2) is 5.79 Å². The maximum absolute atomic E-state index is 12.5. The first-order valence-corrected chi connectivity index (χ1v) is 8.93. The average Bonchev–Trinajstić information content (AvgIpc) is 2.87. The molecule has 1 saturated heterocycles. The first-order chi connectivity index (χ1) is 11.6. The van der Waals surface area contributed by atoms with Crippen LogP contribution >= 0.6 is 0 Å². The van der Waals surface area contributed by atoms with E-state index in [4.69, 9.17) is 9.47 Å². The number of amides is 2. The molecule has 2 aliphatic rings. The summed E-state index contributed by atoms with van der Waals surface area (Å²) in [5.41, 5.74) is 2.73. The molecule has 0 bridgehead atoms. The molecule has 1 aromatic rings. The van der Waals surface area contributed by atoms with Gasteiger partial charge in [-0.15, -0.1) is 0 Å². The average molecular weight is 332 g/mol. The molecule has 0 spiro atoms. The summed E-state index contributed by atoms with van der Waals surface area (Å²) in [5.74, 6) is -0.185. The van der Waals surface area contributed by atoms with Crippen molar-refractivity contribution in [1.82, 2.24) is 10.2 Å². The fourth-order valence-corrected chi connectivity index (χ4v) is 3.62. The molecule has 1 fully saturated rings. The van der Waals surface area contributed by atoms with Crippen LogP contribution in [0.2, 0.25) is 0 Å². The molecule has 5 heteroatoms. The largest absolute Gasteiger partial charge is 0.348 e. The molecular weight excluding hydrogens is 304 g/mol. The van der Waals surface area contributed by atoms with Gasteiger partial charge in [-0.05, 0) is 36.8 Å². The minimum atomic E-state index is -0.492. The fraction of sp³-hybridized carbons (Fsp3) is 0.632. The molecule has 2 aliphatic heterocycles. The maximum atomic E-state index is 12.5. The number of carbonyl (C=O) groups is 1. The third kappa shape index (κ3) is 4.28. The van der Waals surface area contributed by atoms with E-state index in [1.807, 2.05) is 11.8 Å². The van der Waals surface area contributed by atoms with Crippen molar-refractivity contribution in [3.63, 3.8) is 0 Å². The number of fused-ring (bicyclic) bond motifs is 1. The van der Waals surface area contributed by atoms with Crippen molar-refractivity contribution >= 4 is 6.03 Å². The van der Waals surface area contributed by atoms with Gasteiger partial charge >= 0.3 is 6.03 Å². The highest BCUT2D eigenvalue weighted by Crippen LogP contribution is 2.26. The van der Waals surface area contributed by atoms with Crippen molar-refractivity contribution in [2.45, 2.75) is 38.9 Å². The number of benzene rings is 1. The Bertz CT molecular complexity index is 542. The van der Waals surface area contributed by atoms with Crippen LogP contribution in [0.25, 0.3) is 0 Å². The molecule has 1 aromatic carbocycles. The predicted octanol–water partition coefficient (Wildman–Crippen LogP) is 2.59. The molecule has 0 aromatic heterocycles. The highest BCUT2D eigenvalue weighted by Gasteiger charge is 2.32. The van der Waals surface area contributed by atoms with Crippen LogP contribution in [0.5, 0.6) is 0 Å². The fourth-order valence-electron chi connectivity index (χ4n) is 3.62. The Balaban J connectivity index is 1.45. The summed E-state index contributed by atoms with van der Waals surface area (Å²) in [6, 6.07) is 8.52. The Hall–Kier alpha value is -1.59. The lowest BCUT2D eigenvalue weighted by Crippen LogP contribution is -2.43. The monoisotopic (exact) mass is 332 g/mol. The maximum Gasteiger partial charge on any atom is 0.317 e. The number of hydrogen-bond donors (Lipinski definition) is 1. The van der Waals surface area contributed by atoms with Gasteiger partial charge in [-0.1, -0.05) is 31.2 Å². The quantitative estimate of drug-likeness (QED) is 0.922. The van der Waals surface area contributed by atoms with Crippen LogP contribution in [0.1, 0.15) is 31.4 Å². The lowest BCUT2D eigenvalue weighted by Gasteiger charge is -2.27. The van der Waals surface area contributed by atoms with Crippen molar-refractivity contribution in [3.05, 3.63) is 35.4 Å². The zero-order valence-corrected chi connectivity index (χ0v) is 14.7. The Labute approximate surface area is 144 Å². The molecule has 0 aliphatic carbocycles. The Morgan fingerprint density at radius 1 is 1.21 bits per heavy atom. The summed E-state index contributed by atoms with van der Waals surface area (Å²) >= 11 is 0. The standard InChI is InChI=1S/C19H28N2O3/c1-15(13-19(2)23-11-12-24-19)14-20-18(22)21-9-7-16-5-3-4-6-17(16)8-10-21/h3-6,15H,7-14H2,1-2H3,(H,20,22)/t15-/m1/s1. The molecule has 24 heavy (non-hydrogen) atoms. The molecular formula is C19H28N2O3. The third-order valence-electron chi connectivity index (χ3n) is 4.93. The number of nitrogens with one attached hydrogen (secondary N) is 1. The van der Waals surface area contributed by atoms with E-state index in [1.54, 1.807) is 0 Å². The van der Waals surface area contributed by atoms with Crippen LogP contribution in [0, 0.1) is 5.92 Å². The smallest absolute Gasteiger partial charge is 0.317 e. The molecule has 0 saturated carbocycles. The van der Waals surface area contributed by atoms with E-state index in [-0.39, 0.29) is 6.03 Å². The van der Waals surface area contributed by atoms with Crippen molar-refractivity contribution in [2.24, 2.45) is 5.92 Å². The Morgan fingerprint density at radius 3 is 2.38 bits per heavy atom. The van der Waals surface area contributed by atoms with Crippen molar-refractivity contribution in [3.8, 4) is 0 Å². The number of ether oxygens (including phenoxy) is 2. The minimum Gasteiger partial charge on any atom is -0.348 e. The summed E-state index contributed by atoms with van der Waals surface area (Å²) in [6.07, 6.45) is 2.65. The normalized spacial score (nSPS) is 21.0. The van der Waals surface area contributed by atoms with Gasteiger partial charge in [0.2, 0.25) is 0 Å². The van der Waals surface area contributed by atoms with Gasteiger partial charge in [0.05, 0.1) is 13.2 Å². The van der Waals surface area contributed by atoms with Crippen molar-refractivity contribution in [2.75, 3.05) is 32.8 Å². The molecule has 3 rings (SSSR count). The molecule has 1 N–H and O–H groups in total. The second kappa shape index (κ2) is 7.53. The number of rotatable bonds is 4. The summed E-state index contributed by atoms with van der Waals surface area (Å²) < 4.78 is 11.3. The second-order valence-electron chi connectivity index (χ2n) is 7.08. The molecule has 1 atom stereocenters. The Kier molecular flexibility index (Phi) is 5.41. The molecule has 132 valence electrons. The minimum absolute atomic E-state index is 0.0352. The van der Waals surface area contributed by atoms with E-state index < -0.39 is 5.79 Å². The van der Waals surface area contributed by atoms with E-state index in [1.165, 1.54) is 11.1 Å². The van der Waals surface area contributed by atoms with Crippen LogP contribution in [0.3, 0.4) is 0 Å². The molecule has 0 unspecified atom stereocenters. The number of hydrogen-bond acceptors (Lipinski definition) is 3. The Morgan fingerprint density at radius 2 is 1.79 bits per heavy atom. The molecule has 0 radical (unpaired) electrons. The lowest BCUT2D eigenvalue weighted by molar-refractivity contribution is -0.153. The summed E-state index contributed by atoms with van der Waals surface area (Å²) in [5, 5.41) is 3.07. The van der Waals surface area contributed by atoms with Crippen LogP contribution in [0.15, 0.2) is 24.3 Å². The summed E-state index contributed by atoms with van der Waals surface area (Å²) in [7, 11) is 0. The van der Waals surface area contributed by atoms with E-state index in [0.717, 1.165) is 32.4 Å². The number of urea groups is 1. The van der Waals surface area contributed by atoms with Crippen molar-refractivity contribution < 1.29 is 14.3 Å². The zero-order chi connectivity index (χ0) is 17.0. The van der Waals surface area contributed by atoms with Crippen LogP contribution in [-0.4, -0.2) is 49.6 Å². The lowest BCUT2D eigenvalue weighted by atomic mass is 10.0.